The number of aryl methyl sites for hydroxylation is 1. The molecule has 0 aliphatic carbocycles. The third-order valence-electron chi connectivity index (χ3n) is 4.60. The number of nitrogens with two attached hydrogens (primary N) is 1. The van der Waals surface area contributed by atoms with Crippen LogP contribution in [0.25, 0.3) is 21.7 Å². The van der Waals surface area contributed by atoms with Crippen molar-refractivity contribution in [2.75, 3.05) is 6.61 Å². The Balaban J connectivity index is 2.14. The molecule has 5 nitrogen and oxygen atoms in total. The van der Waals surface area contributed by atoms with Crippen molar-refractivity contribution < 1.29 is 13.5 Å². The number of aromatic nitrogens is 2. The van der Waals surface area contributed by atoms with Crippen LogP contribution in [0.4, 0.5) is 8.78 Å². The lowest BCUT2D eigenvalue weighted by Gasteiger charge is -2.18. The van der Waals surface area contributed by atoms with Crippen molar-refractivity contribution in [3.63, 3.8) is 0 Å². The molecule has 7 heteroatoms. The lowest BCUT2D eigenvalue weighted by Crippen LogP contribution is -2.29. The van der Waals surface area contributed by atoms with E-state index < -0.39 is 6.43 Å². The van der Waals surface area contributed by atoms with Crippen LogP contribution >= 0.6 is 0 Å². The second kappa shape index (κ2) is 7.60. The van der Waals surface area contributed by atoms with Gasteiger partial charge < -0.3 is 15.0 Å². The van der Waals surface area contributed by atoms with Gasteiger partial charge in [-0.3, -0.25) is 9.78 Å². The maximum absolute atomic E-state index is 13.7. The monoisotopic (exact) mass is 375 g/mol. The van der Waals surface area contributed by atoms with Crippen LogP contribution in [0, 0.1) is 5.92 Å². The first kappa shape index (κ1) is 19.2. The van der Waals surface area contributed by atoms with E-state index in [0.29, 0.717) is 27.6 Å². The van der Waals surface area contributed by atoms with Crippen LogP contribution in [0.5, 0.6) is 5.75 Å². The van der Waals surface area contributed by atoms with Crippen molar-refractivity contribution in [3.05, 3.63) is 46.5 Å². The van der Waals surface area contributed by atoms with E-state index in [0.717, 1.165) is 6.42 Å². The fourth-order valence-corrected chi connectivity index (χ4v) is 3.33. The van der Waals surface area contributed by atoms with Gasteiger partial charge >= 0.3 is 0 Å². The number of hydrogen-bond donors (Lipinski definition) is 1. The van der Waals surface area contributed by atoms with E-state index in [1.165, 1.54) is 22.9 Å². The van der Waals surface area contributed by atoms with Crippen molar-refractivity contribution in [1.82, 2.24) is 9.55 Å². The van der Waals surface area contributed by atoms with Crippen molar-refractivity contribution in [1.29, 1.82) is 0 Å². The van der Waals surface area contributed by atoms with Crippen LogP contribution in [-0.2, 0) is 7.05 Å². The van der Waals surface area contributed by atoms with Gasteiger partial charge in [0.15, 0.2) is 0 Å². The Labute approximate surface area is 155 Å². The van der Waals surface area contributed by atoms with Crippen molar-refractivity contribution >= 4 is 21.7 Å². The minimum atomic E-state index is -2.71. The van der Waals surface area contributed by atoms with E-state index in [4.69, 9.17) is 10.5 Å². The largest absolute Gasteiger partial charge is 0.491 e. The fourth-order valence-electron chi connectivity index (χ4n) is 3.33. The number of halogens is 2. The average molecular weight is 375 g/mol. The highest BCUT2D eigenvalue weighted by Crippen LogP contribution is 2.35. The number of hydrogen-bond acceptors (Lipinski definition) is 4. The standard InChI is InChI=1S/C20H23F2N3O2/c1-11(2)6-12(23)10-27-18-8-17-14(7-15(18)19(21)22)13-4-5-24-9-16(13)20(26)25(17)3/h4-5,7-9,11-12,19H,6,10,23H2,1-3H3. The van der Waals surface area contributed by atoms with Gasteiger partial charge in [-0.2, -0.15) is 0 Å². The van der Waals surface area contributed by atoms with Crippen LogP contribution in [-0.4, -0.2) is 22.2 Å². The van der Waals surface area contributed by atoms with E-state index in [2.05, 4.69) is 4.98 Å². The Morgan fingerprint density at radius 1 is 1.22 bits per heavy atom. The van der Waals surface area contributed by atoms with E-state index in [1.54, 1.807) is 19.3 Å². The topological polar surface area (TPSA) is 70.1 Å². The minimum absolute atomic E-state index is 0.0557. The molecule has 0 fully saturated rings. The summed E-state index contributed by atoms with van der Waals surface area (Å²) in [6, 6.07) is 4.30. The molecule has 2 N–H and O–H groups in total. The maximum atomic E-state index is 13.7. The maximum Gasteiger partial charge on any atom is 0.267 e. The van der Waals surface area contributed by atoms with E-state index in [1.807, 2.05) is 13.8 Å². The number of fused-ring (bicyclic) bond motifs is 3. The summed E-state index contributed by atoms with van der Waals surface area (Å²) < 4.78 is 34.4. The first-order valence-electron chi connectivity index (χ1n) is 8.86. The molecule has 2 aromatic heterocycles. The molecule has 144 valence electrons. The molecule has 3 rings (SSSR count). The summed E-state index contributed by atoms with van der Waals surface area (Å²) in [6.45, 7) is 4.21. The molecule has 3 aromatic rings. The van der Waals surface area contributed by atoms with Gasteiger partial charge in [0.2, 0.25) is 0 Å². The summed E-state index contributed by atoms with van der Waals surface area (Å²) in [4.78, 5) is 16.5. The first-order chi connectivity index (χ1) is 12.8. The van der Waals surface area contributed by atoms with Gasteiger partial charge in [0.1, 0.15) is 12.4 Å². The van der Waals surface area contributed by atoms with Crippen molar-refractivity contribution in [2.45, 2.75) is 32.7 Å². The number of rotatable bonds is 6. The zero-order chi connectivity index (χ0) is 19.7. The minimum Gasteiger partial charge on any atom is -0.491 e. The molecule has 1 atom stereocenters. The number of benzene rings is 1. The second-order valence-electron chi connectivity index (χ2n) is 7.19. The molecule has 1 unspecified atom stereocenters. The van der Waals surface area contributed by atoms with E-state index in [-0.39, 0.29) is 29.5 Å². The molecule has 1 aromatic carbocycles. The number of alkyl halides is 2. The van der Waals surface area contributed by atoms with Crippen LogP contribution < -0.4 is 16.0 Å². The predicted octanol–water partition coefficient (Wildman–Crippen LogP) is 3.78. The van der Waals surface area contributed by atoms with E-state index >= 15 is 0 Å². The van der Waals surface area contributed by atoms with Gasteiger partial charge in [-0.15, -0.1) is 0 Å². The molecule has 0 spiro atoms. The molecule has 0 radical (unpaired) electrons. The number of pyridine rings is 2. The molecule has 0 saturated carbocycles. The van der Waals surface area contributed by atoms with Crippen LogP contribution in [0.15, 0.2) is 35.4 Å². The third-order valence-corrected chi connectivity index (χ3v) is 4.60. The summed E-state index contributed by atoms with van der Waals surface area (Å²) in [5.41, 5.74) is 6.09. The molecule has 0 aliphatic rings. The number of ether oxygens (including phenoxy) is 1. The summed E-state index contributed by atoms with van der Waals surface area (Å²) >= 11 is 0. The smallest absolute Gasteiger partial charge is 0.267 e. The van der Waals surface area contributed by atoms with Gasteiger partial charge in [0, 0.05) is 36.9 Å². The Kier molecular flexibility index (Phi) is 5.41. The summed E-state index contributed by atoms with van der Waals surface area (Å²) in [5, 5.41) is 1.54. The highest BCUT2D eigenvalue weighted by molar-refractivity contribution is 6.06. The first-order valence-corrected chi connectivity index (χ1v) is 8.86. The Bertz CT molecular complexity index is 1030. The van der Waals surface area contributed by atoms with Crippen LogP contribution in [0.1, 0.15) is 32.3 Å². The average Bonchev–Trinajstić information content (AvgIpc) is 2.63. The molecule has 2 heterocycles. The Morgan fingerprint density at radius 2 is 1.96 bits per heavy atom. The van der Waals surface area contributed by atoms with Crippen LogP contribution in [0.3, 0.4) is 0 Å². The van der Waals surface area contributed by atoms with Crippen molar-refractivity contribution in [3.8, 4) is 5.75 Å². The van der Waals surface area contributed by atoms with Gasteiger partial charge in [-0.25, -0.2) is 8.78 Å². The Hall–Kier alpha value is -2.54. The molecule has 27 heavy (non-hydrogen) atoms. The zero-order valence-electron chi connectivity index (χ0n) is 15.6. The second-order valence-corrected chi connectivity index (χ2v) is 7.19. The summed E-state index contributed by atoms with van der Waals surface area (Å²) in [7, 11) is 1.60. The lowest BCUT2D eigenvalue weighted by molar-refractivity contribution is 0.144. The molecular weight excluding hydrogens is 352 g/mol. The predicted molar refractivity (Wildman–Crippen MR) is 102 cm³/mol. The van der Waals surface area contributed by atoms with Gasteiger partial charge in [0.05, 0.1) is 16.5 Å². The molecule has 0 amide bonds. The molecule has 0 bridgehead atoms. The van der Waals surface area contributed by atoms with Gasteiger partial charge in [-0.05, 0) is 29.9 Å². The highest BCUT2D eigenvalue weighted by Gasteiger charge is 2.19. The Morgan fingerprint density at radius 3 is 2.63 bits per heavy atom. The van der Waals surface area contributed by atoms with Crippen LogP contribution in [0.2, 0.25) is 0 Å². The quantitative estimate of drug-likeness (QED) is 0.666. The number of nitrogens with zero attached hydrogens (tertiary/aromatic N) is 2. The SMILES string of the molecule is CC(C)CC(N)COc1cc2c(cc1C(F)F)c1ccncc1c(=O)n2C. The fraction of sp³-hybridized carbons (Fsp3) is 0.400. The lowest BCUT2D eigenvalue weighted by atomic mass is 10.0. The highest BCUT2D eigenvalue weighted by atomic mass is 19.3. The zero-order valence-corrected chi connectivity index (χ0v) is 15.6. The van der Waals surface area contributed by atoms with Gasteiger partial charge in [0.25, 0.3) is 12.0 Å². The molecule has 0 saturated heterocycles. The third kappa shape index (κ3) is 3.78. The van der Waals surface area contributed by atoms with Gasteiger partial charge in [-0.1, -0.05) is 13.8 Å². The van der Waals surface area contributed by atoms with Crippen molar-refractivity contribution in [2.24, 2.45) is 18.7 Å². The normalized spacial score (nSPS) is 13.0. The molecular formula is C20H23F2N3O2. The van der Waals surface area contributed by atoms with E-state index in [9.17, 15) is 13.6 Å². The summed E-state index contributed by atoms with van der Waals surface area (Å²) in [6.07, 6.45) is 1.01. The summed E-state index contributed by atoms with van der Waals surface area (Å²) in [5.74, 6) is 0.440. The molecule has 0 aliphatic heterocycles.